The maximum absolute atomic E-state index is 9.29. The molecule has 0 aromatic heterocycles. The first kappa shape index (κ1) is 12.9. The summed E-state index contributed by atoms with van der Waals surface area (Å²) in [6, 6.07) is 0. The highest BCUT2D eigenvalue weighted by Crippen LogP contribution is 1.95. The van der Waals surface area contributed by atoms with E-state index in [9.17, 15) is 5.11 Å². The molecule has 0 rings (SSSR count). The van der Waals surface area contributed by atoms with E-state index in [1.165, 1.54) is 12.8 Å². The van der Waals surface area contributed by atoms with Crippen molar-refractivity contribution >= 4 is 0 Å². The first-order chi connectivity index (χ1) is 6.31. The molecule has 0 aliphatic heterocycles. The molecule has 0 aliphatic carbocycles. The number of hydrogen-bond donors (Lipinski definition) is 1. The fraction of sp³-hybridized carbons (Fsp3) is 1.00. The second-order valence-electron chi connectivity index (χ2n) is 3.10. The Bertz CT molecular complexity index is 96.2. The summed E-state index contributed by atoms with van der Waals surface area (Å²) < 4.78 is 10.3. The van der Waals surface area contributed by atoms with Gasteiger partial charge in [0.25, 0.3) is 0 Å². The summed E-state index contributed by atoms with van der Waals surface area (Å²) in [7, 11) is 0. The summed E-state index contributed by atoms with van der Waals surface area (Å²) in [5, 5.41) is 9.29. The van der Waals surface area contributed by atoms with Gasteiger partial charge < -0.3 is 14.6 Å². The Balaban J connectivity index is 3.03. The Hall–Kier alpha value is -0.120. The van der Waals surface area contributed by atoms with Crippen LogP contribution < -0.4 is 0 Å². The van der Waals surface area contributed by atoms with Gasteiger partial charge in [-0.15, -0.1) is 0 Å². The zero-order valence-corrected chi connectivity index (χ0v) is 8.79. The molecule has 3 nitrogen and oxygen atoms in total. The van der Waals surface area contributed by atoms with Crippen molar-refractivity contribution in [2.45, 2.75) is 39.2 Å². The predicted octanol–water partition coefficient (Wildman–Crippen LogP) is 1.59. The first-order valence-corrected chi connectivity index (χ1v) is 5.14. The van der Waals surface area contributed by atoms with Crippen LogP contribution in [0.2, 0.25) is 0 Å². The van der Waals surface area contributed by atoms with Crippen LogP contribution in [-0.4, -0.2) is 37.6 Å². The smallest absolute Gasteiger partial charge is 0.101 e. The van der Waals surface area contributed by atoms with Gasteiger partial charge in [0.2, 0.25) is 0 Å². The molecule has 3 heteroatoms. The van der Waals surface area contributed by atoms with Crippen LogP contribution in [-0.2, 0) is 9.47 Å². The summed E-state index contributed by atoms with van der Waals surface area (Å²) in [5.41, 5.74) is 0. The monoisotopic (exact) mass is 190 g/mol. The molecular weight excluding hydrogens is 168 g/mol. The van der Waals surface area contributed by atoms with E-state index in [4.69, 9.17) is 9.47 Å². The van der Waals surface area contributed by atoms with Crippen LogP contribution in [0.4, 0.5) is 0 Å². The fourth-order valence-electron chi connectivity index (χ4n) is 0.975. The molecule has 80 valence electrons. The Morgan fingerprint density at radius 3 is 2.38 bits per heavy atom. The van der Waals surface area contributed by atoms with E-state index in [-0.39, 0.29) is 0 Å². The summed E-state index contributed by atoms with van der Waals surface area (Å²) in [6.07, 6.45) is 3.01. The Labute approximate surface area is 81.0 Å². The molecule has 1 unspecified atom stereocenters. The highest BCUT2D eigenvalue weighted by atomic mass is 16.5. The third-order valence-corrected chi connectivity index (χ3v) is 1.72. The average Bonchev–Trinajstić information content (AvgIpc) is 2.14. The second kappa shape index (κ2) is 9.96. The summed E-state index contributed by atoms with van der Waals surface area (Å²) in [5.74, 6) is 0. The van der Waals surface area contributed by atoms with E-state index in [0.29, 0.717) is 19.8 Å². The lowest BCUT2D eigenvalue weighted by Gasteiger charge is -2.10. The van der Waals surface area contributed by atoms with E-state index in [0.717, 1.165) is 13.0 Å². The number of unbranched alkanes of at least 4 members (excludes halogenated alkanes) is 2. The van der Waals surface area contributed by atoms with Gasteiger partial charge in [0.1, 0.15) is 6.10 Å². The van der Waals surface area contributed by atoms with Crippen LogP contribution >= 0.6 is 0 Å². The molecule has 0 saturated heterocycles. The largest absolute Gasteiger partial charge is 0.388 e. The van der Waals surface area contributed by atoms with E-state index in [1.54, 1.807) is 0 Å². The van der Waals surface area contributed by atoms with Gasteiger partial charge in [-0.1, -0.05) is 19.8 Å². The van der Waals surface area contributed by atoms with Crippen LogP contribution in [0.3, 0.4) is 0 Å². The number of rotatable bonds is 9. The van der Waals surface area contributed by atoms with Gasteiger partial charge >= 0.3 is 0 Å². The molecule has 0 aromatic carbocycles. The van der Waals surface area contributed by atoms with E-state index in [2.05, 4.69) is 6.92 Å². The van der Waals surface area contributed by atoms with Gasteiger partial charge in [0.05, 0.1) is 13.2 Å². The maximum Gasteiger partial charge on any atom is 0.101 e. The molecule has 0 aromatic rings. The van der Waals surface area contributed by atoms with Crippen LogP contribution in [0.15, 0.2) is 0 Å². The molecule has 0 aliphatic rings. The zero-order chi connectivity index (χ0) is 9.94. The van der Waals surface area contributed by atoms with Gasteiger partial charge in [0.15, 0.2) is 0 Å². The number of hydrogen-bond acceptors (Lipinski definition) is 3. The Kier molecular flexibility index (Phi) is 9.87. The molecule has 0 saturated carbocycles. The standard InChI is InChI=1S/C10H22O3/c1-3-5-6-7-13-9-10(11)8-12-4-2/h10-11H,3-9H2,1-2H3. The third kappa shape index (κ3) is 9.80. The third-order valence-electron chi connectivity index (χ3n) is 1.72. The van der Waals surface area contributed by atoms with Gasteiger partial charge in [0, 0.05) is 13.2 Å². The molecule has 1 N–H and O–H groups in total. The number of aliphatic hydroxyl groups is 1. The molecular formula is C10H22O3. The van der Waals surface area contributed by atoms with Crippen molar-refractivity contribution in [1.29, 1.82) is 0 Å². The van der Waals surface area contributed by atoms with Gasteiger partial charge in [-0.25, -0.2) is 0 Å². The highest BCUT2D eigenvalue weighted by Gasteiger charge is 2.02. The molecule has 0 bridgehead atoms. The van der Waals surface area contributed by atoms with Crippen LogP contribution in [0.1, 0.15) is 33.1 Å². The Morgan fingerprint density at radius 2 is 1.77 bits per heavy atom. The predicted molar refractivity (Wildman–Crippen MR) is 52.8 cm³/mol. The maximum atomic E-state index is 9.29. The molecule has 0 heterocycles. The van der Waals surface area contributed by atoms with Crippen molar-refractivity contribution in [3.8, 4) is 0 Å². The van der Waals surface area contributed by atoms with Crippen molar-refractivity contribution in [2.75, 3.05) is 26.4 Å². The first-order valence-electron chi connectivity index (χ1n) is 5.14. The van der Waals surface area contributed by atoms with Crippen molar-refractivity contribution in [2.24, 2.45) is 0 Å². The van der Waals surface area contributed by atoms with Crippen molar-refractivity contribution in [3.63, 3.8) is 0 Å². The molecule has 0 amide bonds. The van der Waals surface area contributed by atoms with Crippen molar-refractivity contribution in [1.82, 2.24) is 0 Å². The van der Waals surface area contributed by atoms with E-state index in [1.807, 2.05) is 6.92 Å². The van der Waals surface area contributed by atoms with Crippen LogP contribution in [0.5, 0.6) is 0 Å². The van der Waals surface area contributed by atoms with Crippen molar-refractivity contribution < 1.29 is 14.6 Å². The average molecular weight is 190 g/mol. The van der Waals surface area contributed by atoms with Gasteiger partial charge in [-0.3, -0.25) is 0 Å². The van der Waals surface area contributed by atoms with Crippen LogP contribution in [0, 0.1) is 0 Å². The Morgan fingerprint density at radius 1 is 1.08 bits per heavy atom. The molecule has 0 spiro atoms. The lowest BCUT2D eigenvalue weighted by atomic mass is 10.3. The lowest BCUT2D eigenvalue weighted by Crippen LogP contribution is -2.21. The molecule has 13 heavy (non-hydrogen) atoms. The number of ether oxygens (including phenoxy) is 2. The SMILES string of the molecule is CCCCCOCC(O)COCC. The summed E-state index contributed by atoms with van der Waals surface area (Å²) in [4.78, 5) is 0. The van der Waals surface area contributed by atoms with Gasteiger partial charge in [-0.05, 0) is 13.3 Å². The van der Waals surface area contributed by atoms with Crippen LogP contribution in [0.25, 0.3) is 0 Å². The topological polar surface area (TPSA) is 38.7 Å². The lowest BCUT2D eigenvalue weighted by molar-refractivity contribution is -0.0167. The molecule has 1 atom stereocenters. The molecule has 0 fully saturated rings. The summed E-state index contributed by atoms with van der Waals surface area (Å²) in [6.45, 7) is 6.23. The minimum Gasteiger partial charge on any atom is -0.388 e. The quantitative estimate of drug-likeness (QED) is 0.561. The highest BCUT2D eigenvalue weighted by molar-refractivity contribution is 4.50. The van der Waals surface area contributed by atoms with Crippen molar-refractivity contribution in [3.05, 3.63) is 0 Å². The zero-order valence-electron chi connectivity index (χ0n) is 8.79. The van der Waals surface area contributed by atoms with E-state index < -0.39 is 6.10 Å². The summed E-state index contributed by atoms with van der Waals surface area (Å²) >= 11 is 0. The normalized spacial score (nSPS) is 13.2. The number of aliphatic hydroxyl groups excluding tert-OH is 1. The minimum atomic E-state index is -0.471. The minimum absolute atomic E-state index is 0.379. The second-order valence-corrected chi connectivity index (χ2v) is 3.10. The fourth-order valence-corrected chi connectivity index (χ4v) is 0.975. The van der Waals surface area contributed by atoms with E-state index >= 15 is 0 Å². The molecule has 0 radical (unpaired) electrons. The van der Waals surface area contributed by atoms with Gasteiger partial charge in [-0.2, -0.15) is 0 Å².